The Balaban J connectivity index is 1.37. The van der Waals surface area contributed by atoms with Gasteiger partial charge in [0.1, 0.15) is 0 Å². The van der Waals surface area contributed by atoms with Crippen LogP contribution in [0.5, 0.6) is 0 Å². The molecule has 1 aliphatic rings. The van der Waals surface area contributed by atoms with Crippen molar-refractivity contribution < 1.29 is 4.79 Å². The second-order valence-corrected chi connectivity index (χ2v) is 8.39. The van der Waals surface area contributed by atoms with Crippen molar-refractivity contribution in [2.45, 2.75) is 31.8 Å². The van der Waals surface area contributed by atoms with Crippen molar-refractivity contribution in [3.8, 4) is 5.69 Å². The molecular weight excluding hydrogens is 380 g/mol. The van der Waals surface area contributed by atoms with Crippen LogP contribution in [0.2, 0.25) is 0 Å². The molecule has 1 saturated heterocycles. The van der Waals surface area contributed by atoms with Gasteiger partial charge in [-0.1, -0.05) is 23.9 Å². The second-order valence-electron chi connectivity index (χ2n) is 7.45. The molecule has 4 rings (SSSR count). The molecule has 2 heterocycles. The van der Waals surface area contributed by atoms with Crippen molar-refractivity contribution in [1.82, 2.24) is 9.55 Å². The largest absolute Gasteiger partial charge is 0.371 e. The third-order valence-corrected chi connectivity index (χ3v) is 6.11. The molecule has 1 N–H and O–H groups in total. The summed E-state index contributed by atoms with van der Waals surface area (Å²) in [7, 11) is 0. The number of aryl methyl sites for hydroxylation is 2. The zero-order chi connectivity index (χ0) is 20.2. The van der Waals surface area contributed by atoms with Crippen LogP contribution in [-0.4, -0.2) is 34.3 Å². The number of imidazole rings is 1. The first-order chi connectivity index (χ1) is 14.1. The molecule has 0 unspecified atom stereocenters. The van der Waals surface area contributed by atoms with E-state index in [1.807, 2.05) is 29.0 Å². The molecule has 1 amide bonds. The van der Waals surface area contributed by atoms with Gasteiger partial charge < -0.3 is 10.2 Å². The summed E-state index contributed by atoms with van der Waals surface area (Å²) in [6.07, 6.45) is 6.21. The van der Waals surface area contributed by atoms with E-state index in [0.717, 1.165) is 29.6 Å². The van der Waals surface area contributed by atoms with Crippen LogP contribution in [0.3, 0.4) is 0 Å². The Labute approximate surface area is 176 Å². The number of thioether (sulfide) groups is 1. The van der Waals surface area contributed by atoms with Gasteiger partial charge in [-0.15, -0.1) is 0 Å². The Kier molecular flexibility index (Phi) is 5.90. The van der Waals surface area contributed by atoms with Crippen LogP contribution in [0.1, 0.15) is 24.0 Å². The molecule has 0 bridgehead atoms. The van der Waals surface area contributed by atoms with Gasteiger partial charge in [-0.05, 0) is 68.1 Å². The third-order valence-electron chi connectivity index (χ3n) is 5.15. The molecular formula is C23H26N4OS. The number of carbonyl (C=O) groups excluding carboxylic acids is 1. The summed E-state index contributed by atoms with van der Waals surface area (Å²) >= 11 is 1.44. The van der Waals surface area contributed by atoms with E-state index in [9.17, 15) is 4.79 Å². The number of nitrogens with zero attached hydrogens (tertiary/aromatic N) is 3. The number of hydrogen-bond donors (Lipinski definition) is 1. The first-order valence-electron chi connectivity index (χ1n) is 9.99. The van der Waals surface area contributed by atoms with Crippen LogP contribution in [-0.2, 0) is 4.79 Å². The maximum absolute atomic E-state index is 12.5. The number of nitrogens with one attached hydrogen (secondary N) is 1. The van der Waals surface area contributed by atoms with Crippen molar-refractivity contribution in [2.75, 3.05) is 29.1 Å². The molecule has 1 aliphatic heterocycles. The van der Waals surface area contributed by atoms with Crippen molar-refractivity contribution in [3.63, 3.8) is 0 Å². The van der Waals surface area contributed by atoms with Gasteiger partial charge in [0, 0.05) is 42.5 Å². The molecule has 3 aromatic rings. The number of hydrogen-bond acceptors (Lipinski definition) is 4. The maximum atomic E-state index is 12.5. The van der Waals surface area contributed by atoms with Crippen molar-refractivity contribution in [1.29, 1.82) is 0 Å². The van der Waals surface area contributed by atoms with E-state index in [1.54, 1.807) is 6.20 Å². The Morgan fingerprint density at radius 3 is 2.72 bits per heavy atom. The number of aromatic nitrogens is 2. The van der Waals surface area contributed by atoms with E-state index in [4.69, 9.17) is 0 Å². The number of anilines is 2. The lowest BCUT2D eigenvalue weighted by Crippen LogP contribution is -2.19. The minimum absolute atomic E-state index is 0.0258. The lowest BCUT2D eigenvalue weighted by atomic mass is 10.1. The smallest absolute Gasteiger partial charge is 0.234 e. The zero-order valence-electron chi connectivity index (χ0n) is 16.9. The van der Waals surface area contributed by atoms with E-state index in [1.165, 1.54) is 41.4 Å². The molecule has 6 heteroatoms. The van der Waals surface area contributed by atoms with Crippen molar-refractivity contribution in [2.24, 2.45) is 0 Å². The Morgan fingerprint density at radius 1 is 1.14 bits per heavy atom. The number of carbonyl (C=O) groups is 1. The predicted molar refractivity (Wildman–Crippen MR) is 120 cm³/mol. The van der Waals surface area contributed by atoms with Crippen LogP contribution in [0.25, 0.3) is 5.69 Å². The van der Waals surface area contributed by atoms with Gasteiger partial charge in [-0.2, -0.15) is 0 Å². The Bertz CT molecular complexity index is 1010. The summed E-state index contributed by atoms with van der Waals surface area (Å²) in [4.78, 5) is 19.3. The summed E-state index contributed by atoms with van der Waals surface area (Å²) in [5.74, 6) is 0.289. The first-order valence-corrected chi connectivity index (χ1v) is 11.0. The molecule has 150 valence electrons. The van der Waals surface area contributed by atoms with Crippen LogP contribution in [0.15, 0.2) is 60.0 Å². The van der Waals surface area contributed by atoms with Crippen molar-refractivity contribution in [3.05, 3.63) is 66.0 Å². The number of rotatable bonds is 6. The highest BCUT2D eigenvalue weighted by molar-refractivity contribution is 7.99. The molecule has 1 aromatic heterocycles. The summed E-state index contributed by atoms with van der Waals surface area (Å²) < 4.78 is 2.01. The molecule has 29 heavy (non-hydrogen) atoms. The van der Waals surface area contributed by atoms with Crippen LogP contribution >= 0.6 is 11.8 Å². The monoisotopic (exact) mass is 406 g/mol. The van der Waals surface area contributed by atoms with Gasteiger partial charge in [-0.25, -0.2) is 4.98 Å². The normalized spacial score (nSPS) is 13.7. The summed E-state index contributed by atoms with van der Waals surface area (Å²) in [6, 6.07) is 14.4. The molecule has 0 radical (unpaired) electrons. The first kappa shape index (κ1) is 19.6. The molecule has 0 saturated carbocycles. The lowest BCUT2D eigenvalue weighted by Gasteiger charge is -2.20. The SMILES string of the molecule is Cc1cccc(-n2ccnc2SCC(=O)Nc2ccc(N3CCCC3)c(C)c2)c1. The van der Waals surface area contributed by atoms with Crippen LogP contribution in [0, 0.1) is 13.8 Å². The number of amides is 1. The third kappa shape index (κ3) is 4.65. The summed E-state index contributed by atoms with van der Waals surface area (Å²) in [5, 5.41) is 3.83. The second kappa shape index (κ2) is 8.74. The molecule has 5 nitrogen and oxygen atoms in total. The highest BCUT2D eigenvalue weighted by atomic mass is 32.2. The van der Waals surface area contributed by atoms with Crippen LogP contribution in [0.4, 0.5) is 11.4 Å². The molecule has 0 spiro atoms. The molecule has 0 aliphatic carbocycles. The van der Waals surface area contributed by atoms with E-state index in [0.29, 0.717) is 5.75 Å². The zero-order valence-corrected chi connectivity index (χ0v) is 17.7. The van der Waals surface area contributed by atoms with Gasteiger partial charge in [0.05, 0.1) is 5.75 Å². The highest BCUT2D eigenvalue weighted by Gasteiger charge is 2.15. The average Bonchev–Trinajstić information content (AvgIpc) is 3.38. The predicted octanol–water partition coefficient (Wildman–Crippen LogP) is 4.82. The quantitative estimate of drug-likeness (QED) is 0.596. The fourth-order valence-corrected chi connectivity index (χ4v) is 4.52. The minimum Gasteiger partial charge on any atom is -0.371 e. The van der Waals surface area contributed by atoms with Gasteiger partial charge >= 0.3 is 0 Å². The fourth-order valence-electron chi connectivity index (χ4n) is 3.74. The maximum Gasteiger partial charge on any atom is 0.234 e. The average molecular weight is 407 g/mol. The lowest BCUT2D eigenvalue weighted by molar-refractivity contribution is -0.113. The van der Waals surface area contributed by atoms with E-state index in [-0.39, 0.29) is 5.91 Å². The van der Waals surface area contributed by atoms with Gasteiger partial charge in [-0.3, -0.25) is 9.36 Å². The Morgan fingerprint density at radius 2 is 1.97 bits per heavy atom. The summed E-state index contributed by atoms with van der Waals surface area (Å²) in [5.41, 5.74) is 5.57. The molecule has 1 fully saturated rings. The van der Waals surface area contributed by atoms with Crippen LogP contribution < -0.4 is 10.2 Å². The molecule has 0 atom stereocenters. The van der Waals surface area contributed by atoms with E-state index < -0.39 is 0 Å². The Hall–Kier alpha value is -2.73. The molecule has 2 aromatic carbocycles. The fraction of sp³-hybridized carbons (Fsp3) is 0.304. The standard InChI is InChI=1S/C23H26N4OS/c1-17-6-5-7-20(14-17)27-13-10-24-23(27)29-16-22(28)25-19-8-9-21(18(2)15-19)26-11-3-4-12-26/h5-10,13-15H,3-4,11-12,16H2,1-2H3,(H,25,28). The minimum atomic E-state index is -0.0258. The van der Waals surface area contributed by atoms with Gasteiger partial charge in [0.25, 0.3) is 0 Å². The van der Waals surface area contributed by atoms with Gasteiger partial charge in [0.2, 0.25) is 5.91 Å². The van der Waals surface area contributed by atoms with E-state index >= 15 is 0 Å². The van der Waals surface area contributed by atoms with Crippen molar-refractivity contribution >= 4 is 29.0 Å². The van der Waals surface area contributed by atoms with Gasteiger partial charge in [0.15, 0.2) is 5.16 Å². The topological polar surface area (TPSA) is 50.2 Å². The number of benzene rings is 2. The van der Waals surface area contributed by atoms with E-state index in [2.05, 4.69) is 53.3 Å². The summed E-state index contributed by atoms with van der Waals surface area (Å²) in [6.45, 7) is 6.42. The highest BCUT2D eigenvalue weighted by Crippen LogP contribution is 2.27.